The predicted octanol–water partition coefficient (Wildman–Crippen LogP) is 2.71. The van der Waals surface area contributed by atoms with E-state index in [4.69, 9.17) is 10.4 Å². The molecule has 0 fully saturated rings. The van der Waals surface area contributed by atoms with Crippen LogP contribution in [0.4, 0.5) is 0 Å². The zero-order chi connectivity index (χ0) is 11.8. The number of benzene rings is 1. The van der Waals surface area contributed by atoms with Crippen LogP contribution in [0.5, 0.6) is 0 Å². The van der Waals surface area contributed by atoms with Gasteiger partial charge in [-0.25, -0.2) is 0 Å². The minimum absolute atomic E-state index is 0.0688. The van der Waals surface area contributed by atoms with Crippen molar-refractivity contribution in [2.45, 2.75) is 24.2 Å². The summed E-state index contributed by atoms with van der Waals surface area (Å²) in [5.74, 6) is 0.112. The summed E-state index contributed by atoms with van der Waals surface area (Å²) in [6.45, 7) is 0. The largest absolute Gasteiger partial charge is 0.481 e. The number of hydrogen-bond acceptors (Lipinski definition) is 3. The number of aliphatic carboxylic acids is 1. The molecule has 0 atom stereocenters. The van der Waals surface area contributed by atoms with E-state index in [1.807, 2.05) is 24.3 Å². The molecular formula is C12H13NO2S. The molecule has 16 heavy (non-hydrogen) atoms. The molecule has 0 aliphatic carbocycles. The Morgan fingerprint density at radius 2 is 2.06 bits per heavy atom. The number of thioether (sulfide) groups is 1. The molecule has 0 radical (unpaired) electrons. The van der Waals surface area contributed by atoms with E-state index in [1.54, 1.807) is 11.8 Å². The molecule has 0 heterocycles. The summed E-state index contributed by atoms with van der Waals surface area (Å²) in [6, 6.07) is 9.63. The molecule has 0 saturated heterocycles. The van der Waals surface area contributed by atoms with Crippen LogP contribution >= 0.6 is 11.8 Å². The van der Waals surface area contributed by atoms with E-state index in [0.29, 0.717) is 6.42 Å². The zero-order valence-corrected chi connectivity index (χ0v) is 9.67. The van der Waals surface area contributed by atoms with Gasteiger partial charge in [-0.05, 0) is 29.9 Å². The Morgan fingerprint density at radius 3 is 2.62 bits per heavy atom. The van der Waals surface area contributed by atoms with E-state index in [-0.39, 0.29) is 6.42 Å². The molecule has 0 spiro atoms. The standard InChI is InChI=1S/C12H13NO2S/c13-7-1-2-8-16-11-5-3-10(4-6-11)9-12(14)15/h3-6H,1-2,8-9H2,(H,14,15). The van der Waals surface area contributed by atoms with Gasteiger partial charge < -0.3 is 5.11 Å². The number of carboxylic acid groups (broad SMARTS) is 1. The van der Waals surface area contributed by atoms with Crippen LogP contribution in [0.25, 0.3) is 0 Å². The molecular weight excluding hydrogens is 222 g/mol. The first-order valence-electron chi connectivity index (χ1n) is 5.03. The van der Waals surface area contributed by atoms with Crippen LogP contribution in [-0.4, -0.2) is 16.8 Å². The molecule has 1 N–H and O–H groups in total. The van der Waals surface area contributed by atoms with Gasteiger partial charge in [-0.3, -0.25) is 4.79 Å². The second kappa shape index (κ2) is 6.91. The summed E-state index contributed by atoms with van der Waals surface area (Å²) in [4.78, 5) is 11.6. The first kappa shape index (κ1) is 12.6. The Hall–Kier alpha value is -1.47. The van der Waals surface area contributed by atoms with E-state index in [0.717, 1.165) is 22.6 Å². The second-order valence-electron chi connectivity index (χ2n) is 3.32. The number of nitriles is 1. The van der Waals surface area contributed by atoms with E-state index in [9.17, 15) is 4.79 Å². The third-order valence-electron chi connectivity index (χ3n) is 1.98. The average molecular weight is 235 g/mol. The monoisotopic (exact) mass is 235 g/mol. The van der Waals surface area contributed by atoms with Gasteiger partial charge in [-0.1, -0.05) is 12.1 Å². The molecule has 0 amide bonds. The maximum absolute atomic E-state index is 10.5. The molecule has 0 unspecified atom stereocenters. The maximum atomic E-state index is 10.5. The fourth-order valence-electron chi connectivity index (χ4n) is 1.22. The Bertz CT molecular complexity index is 381. The van der Waals surface area contributed by atoms with Gasteiger partial charge in [0.05, 0.1) is 12.5 Å². The minimum atomic E-state index is -0.811. The van der Waals surface area contributed by atoms with Crippen LogP contribution in [0.1, 0.15) is 18.4 Å². The number of unbranched alkanes of at least 4 members (excludes halogenated alkanes) is 1. The molecule has 4 heteroatoms. The van der Waals surface area contributed by atoms with Crippen molar-refractivity contribution in [3.8, 4) is 6.07 Å². The van der Waals surface area contributed by atoms with Crippen LogP contribution < -0.4 is 0 Å². The summed E-state index contributed by atoms with van der Waals surface area (Å²) >= 11 is 1.69. The molecule has 0 aromatic heterocycles. The summed E-state index contributed by atoms with van der Waals surface area (Å²) in [7, 11) is 0. The van der Waals surface area contributed by atoms with E-state index in [1.165, 1.54) is 0 Å². The van der Waals surface area contributed by atoms with Gasteiger partial charge in [0.25, 0.3) is 0 Å². The van der Waals surface area contributed by atoms with Gasteiger partial charge in [0.2, 0.25) is 0 Å². The van der Waals surface area contributed by atoms with Gasteiger partial charge in [-0.2, -0.15) is 5.26 Å². The van der Waals surface area contributed by atoms with Crippen molar-refractivity contribution in [3.05, 3.63) is 29.8 Å². The zero-order valence-electron chi connectivity index (χ0n) is 8.85. The van der Waals surface area contributed by atoms with Crippen LogP contribution in [0.3, 0.4) is 0 Å². The molecule has 0 aliphatic heterocycles. The second-order valence-corrected chi connectivity index (χ2v) is 4.49. The Kier molecular flexibility index (Phi) is 5.44. The molecule has 1 aromatic rings. The Morgan fingerprint density at radius 1 is 1.38 bits per heavy atom. The van der Waals surface area contributed by atoms with Crippen molar-refractivity contribution < 1.29 is 9.90 Å². The lowest BCUT2D eigenvalue weighted by Gasteiger charge is -2.01. The molecule has 0 bridgehead atoms. The molecule has 84 valence electrons. The van der Waals surface area contributed by atoms with Crippen LogP contribution in [0, 0.1) is 11.3 Å². The topological polar surface area (TPSA) is 61.1 Å². The average Bonchev–Trinajstić information content (AvgIpc) is 2.26. The summed E-state index contributed by atoms with van der Waals surface area (Å²) in [5.41, 5.74) is 0.814. The van der Waals surface area contributed by atoms with Crippen molar-refractivity contribution in [2.75, 3.05) is 5.75 Å². The maximum Gasteiger partial charge on any atom is 0.307 e. The van der Waals surface area contributed by atoms with Gasteiger partial charge >= 0.3 is 5.97 Å². The minimum Gasteiger partial charge on any atom is -0.481 e. The van der Waals surface area contributed by atoms with Crippen molar-refractivity contribution >= 4 is 17.7 Å². The summed E-state index contributed by atoms with van der Waals surface area (Å²) in [6.07, 6.45) is 1.54. The fraction of sp³-hybridized carbons (Fsp3) is 0.333. The van der Waals surface area contributed by atoms with Gasteiger partial charge in [0.15, 0.2) is 0 Å². The molecule has 1 rings (SSSR count). The molecule has 3 nitrogen and oxygen atoms in total. The highest BCUT2D eigenvalue weighted by Gasteiger charge is 2.00. The molecule has 1 aromatic carbocycles. The van der Waals surface area contributed by atoms with Crippen LogP contribution in [0.15, 0.2) is 29.2 Å². The quantitative estimate of drug-likeness (QED) is 0.608. The normalized spacial score (nSPS) is 9.69. The molecule has 0 saturated carbocycles. The lowest BCUT2D eigenvalue weighted by atomic mass is 10.2. The number of rotatable bonds is 6. The smallest absolute Gasteiger partial charge is 0.307 e. The van der Waals surface area contributed by atoms with Gasteiger partial charge in [0, 0.05) is 11.3 Å². The first-order valence-corrected chi connectivity index (χ1v) is 6.01. The third-order valence-corrected chi connectivity index (χ3v) is 3.08. The van der Waals surface area contributed by atoms with Crippen LogP contribution in [0.2, 0.25) is 0 Å². The van der Waals surface area contributed by atoms with Crippen molar-refractivity contribution in [2.24, 2.45) is 0 Å². The number of nitrogens with zero attached hydrogens (tertiary/aromatic N) is 1. The van der Waals surface area contributed by atoms with Crippen molar-refractivity contribution in [3.63, 3.8) is 0 Å². The highest BCUT2D eigenvalue weighted by Crippen LogP contribution is 2.19. The van der Waals surface area contributed by atoms with Gasteiger partial charge in [0.1, 0.15) is 0 Å². The first-order chi connectivity index (χ1) is 7.72. The van der Waals surface area contributed by atoms with E-state index < -0.39 is 5.97 Å². The summed E-state index contributed by atoms with van der Waals surface area (Å²) in [5, 5.41) is 17.0. The number of carboxylic acids is 1. The SMILES string of the molecule is N#CCCCSc1ccc(CC(=O)O)cc1. The predicted molar refractivity (Wildman–Crippen MR) is 63.4 cm³/mol. The van der Waals surface area contributed by atoms with Crippen LogP contribution in [-0.2, 0) is 11.2 Å². The Balaban J connectivity index is 2.39. The highest BCUT2D eigenvalue weighted by molar-refractivity contribution is 7.99. The van der Waals surface area contributed by atoms with E-state index in [2.05, 4.69) is 6.07 Å². The highest BCUT2D eigenvalue weighted by atomic mass is 32.2. The summed E-state index contributed by atoms with van der Waals surface area (Å²) < 4.78 is 0. The number of carbonyl (C=O) groups is 1. The van der Waals surface area contributed by atoms with Crippen molar-refractivity contribution in [1.29, 1.82) is 5.26 Å². The fourth-order valence-corrected chi connectivity index (χ4v) is 2.07. The Labute approximate surface area is 99.1 Å². The van der Waals surface area contributed by atoms with Gasteiger partial charge in [-0.15, -0.1) is 11.8 Å². The lowest BCUT2D eigenvalue weighted by molar-refractivity contribution is -0.136. The third kappa shape index (κ3) is 4.85. The van der Waals surface area contributed by atoms with Crippen molar-refractivity contribution in [1.82, 2.24) is 0 Å². The molecule has 0 aliphatic rings. The number of hydrogen-bond donors (Lipinski definition) is 1. The van der Waals surface area contributed by atoms with E-state index >= 15 is 0 Å². The lowest BCUT2D eigenvalue weighted by Crippen LogP contribution is -1.99.